The van der Waals surface area contributed by atoms with Crippen LogP contribution in [0, 0.1) is 24.1 Å². The lowest BCUT2D eigenvalue weighted by Gasteiger charge is -2.39. The van der Waals surface area contributed by atoms with Crippen molar-refractivity contribution < 1.29 is 9.18 Å². The summed E-state index contributed by atoms with van der Waals surface area (Å²) in [5.74, 6) is 0.241. The Morgan fingerprint density at radius 3 is 2.32 bits per heavy atom. The van der Waals surface area contributed by atoms with Crippen LogP contribution in [0.3, 0.4) is 0 Å². The van der Waals surface area contributed by atoms with E-state index in [9.17, 15) is 19.2 Å². The third kappa shape index (κ3) is 5.78. The van der Waals surface area contributed by atoms with Crippen molar-refractivity contribution in [1.82, 2.24) is 9.47 Å². The van der Waals surface area contributed by atoms with E-state index in [2.05, 4.69) is 15.9 Å². The summed E-state index contributed by atoms with van der Waals surface area (Å²) < 4.78 is 15.6. The number of rotatable bonds is 7. The number of piperazine rings is 1. The van der Waals surface area contributed by atoms with E-state index in [-0.39, 0.29) is 22.8 Å². The summed E-state index contributed by atoms with van der Waals surface area (Å²) in [5.41, 5.74) is 2.91. The molecule has 2 aliphatic rings. The molecule has 0 atom stereocenters. The predicted octanol–water partition coefficient (Wildman–Crippen LogP) is 5.31. The summed E-state index contributed by atoms with van der Waals surface area (Å²) in [4.78, 5) is 33.4. The molecular weight excluding hydrogens is 558 g/mol. The monoisotopic (exact) mass is 587 g/mol. The lowest BCUT2D eigenvalue weighted by atomic mass is 10.0. The molecule has 3 aromatic rings. The standard InChI is InChI=1S/C31H30FN5O2S2/c1-3-13-36-28(35-16-14-34(15-17-35)24-11-9-23(32)10-12-24)25(21(2)26(19-33)29(36)38)18-27-30(39)37(31(40)41-27)20-22-7-5-4-6-8-22/h4-12,18H,3,13-17,20H2,1-2H3. The highest BCUT2D eigenvalue weighted by atomic mass is 32.2. The number of thioether (sulfide) groups is 1. The van der Waals surface area contributed by atoms with E-state index in [1.54, 1.807) is 34.6 Å². The molecule has 1 aromatic heterocycles. The number of aromatic nitrogens is 1. The molecule has 0 aliphatic carbocycles. The first-order valence-electron chi connectivity index (χ1n) is 13.5. The largest absolute Gasteiger partial charge is 0.368 e. The molecule has 0 N–H and O–H groups in total. The van der Waals surface area contributed by atoms with E-state index in [1.165, 1.54) is 23.9 Å². The van der Waals surface area contributed by atoms with Crippen molar-refractivity contribution in [3.63, 3.8) is 0 Å². The molecule has 10 heteroatoms. The minimum atomic E-state index is -0.323. The molecule has 2 aliphatic heterocycles. The number of amides is 1. The zero-order valence-electron chi connectivity index (χ0n) is 23.0. The van der Waals surface area contributed by atoms with Gasteiger partial charge in [0.25, 0.3) is 11.5 Å². The molecule has 5 rings (SSSR count). The third-order valence-electron chi connectivity index (χ3n) is 7.40. The molecule has 7 nitrogen and oxygen atoms in total. The van der Waals surface area contributed by atoms with Crippen LogP contribution >= 0.6 is 24.0 Å². The first-order chi connectivity index (χ1) is 19.8. The molecule has 3 heterocycles. The zero-order valence-corrected chi connectivity index (χ0v) is 24.6. The van der Waals surface area contributed by atoms with Gasteiger partial charge in [-0.2, -0.15) is 5.26 Å². The number of hydrogen-bond acceptors (Lipinski definition) is 7. The average Bonchev–Trinajstić information content (AvgIpc) is 3.24. The van der Waals surface area contributed by atoms with Crippen LogP contribution < -0.4 is 15.4 Å². The van der Waals surface area contributed by atoms with Crippen molar-refractivity contribution in [1.29, 1.82) is 5.26 Å². The minimum absolute atomic E-state index is 0.0816. The maximum absolute atomic E-state index is 13.5. The van der Waals surface area contributed by atoms with Gasteiger partial charge in [-0.25, -0.2) is 4.39 Å². The highest BCUT2D eigenvalue weighted by molar-refractivity contribution is 8.26. The Morgan fingerprint density at radius 2 is 1.68 bits per heavy atom. The summed E-state index contributed by atoms with van der Waals surface area (Å²) >= 11 is 6.82. The van der Waals surface area contributed by atoms with E-state index < -0.39 is 0 Å². The molecule has 2 fully saturated rings. The van der Waals surface area contributed by atoms with E-state index >= 15 is 0 Å². The smallest absolute Gasteiger partial charge is 0.270 e. The lowest BCUT2D eigenvalue weighted by Crippen LogP contribution is -2.48. The number of benzene rings is 2. The van der Waals surface area contributed by atoms with Crippen molar-refractivity contribution in [2.45, 2.75) is 33.4 Å². The summed E-state index contributed by atoms with van der Waals surface area (Å²) in [5, 5.41) is 9.93. The van der Waals surface area contributed by atoms with Gasteiger partial charge in [-0.3, -0.25) is 19.1 Å². The predicted molar refractivity (Wildman–Crippen MR) is 166 cm³/mol. The highest BCUT2D eigenvalue weighted by Gasteiger charge is 2.33. The van der Waals surface area contributed by atoms with E-state index in [0.717, 1.165) is 11.3 Å². The molecule has 1 amide bonds. The van der Waals surface area contributed by atoms with Gasteiger partial charge < -0.3 is 9.80 Å². The van der Waals surface area contributed by atoms with Crippen LogP contribution in [0.1, 0.15) is 35.6 Å². The zero-order chi connectivity index (χ0) is 29.1. The van der Waals surface area contributed by atoms with Crippen molar-refractivity contribution in [3.8, 4) is 6.07 Å². The Labute approximate surface area is 248 Å². The molecule has 0 spiro atoms. The summed E-state index contributed by atoms with van der Waals surface area (Å²) in [6.07, 6.45) is 2.50. The number of carbonyl (C=O) groups excluding carboxylic acids is 1. The second-order valence-electron chi connectivity index (χ2n) is 10.0. The number of nitrogens with zero attached hydrogens (tertiary/aromatic N) is 5. The van der Waals surface area contributed by atoms with Crippen LogP contribution in [-0.2, 0) is 17.9 Å². The molecular formula is C31H30FN5O2S2. The first-order valence-corrected chi connectivity index (χ1v) is 14.8. The molecule has 2 aromatic carbocycles. The van der Waals surface area contributed by atoms with E-state index in [1.807, 2.05) is 37.3 Å². The minimum Gasteiger partial charge on any atom is -0.368 e. The average molecular weight is 588 g/mol. The Morgan fingerprint density at radius 1 is 1.02 bits per heavy atom. The number of pyridine rings is 1. The van der Waals surface area contributed by atoms with Gasteiger partial charge in [-0.1, -0.05) is 61.2 Å². The Hall–Kier alpha value is -3.94. The first kappa shape index (κ1) is 28.6. The maximum Gasteiger partial charge on any atom is 0.270 e. The van der Waals surface area contributed by atoms with Gasteiger partial charge in [0.1, 0.15) is 27.6 Å². The molecule has 0 unspecified atom stereocenters. The number of carbonyl (C=O) groups is 1. The fraction of sp³-hybridized carbons (Fsp3) is 0.290. The maximum atomic E-state index is 13.5. The molecule has 0 bridgehead atoms. The van der Waals surface area contributed by atoms with Gasteiger partial charge in [-0.05, 0) is 54.8 Å². The van der Waals surface area contributed by atoms with Gasteiger partial charge in [0, 0.05) is 44.0 Å². The van der Waals surface area contributed by atoms with Crippen molar-refractivity contribution in [2.24, 2.45) is 0 Å². The van der Waals surface area contributed by atoms with Gasteiger partial charge in [0.2, 0.25) is 0 Å². The van der Waals surface area contributed by atoms with E-state index in [0.29, 0.717) is 71.9 Å². The third-order valence-corrected chi connectivity index (χ3v) is 8.77. The van der Waals surface area contributed by atoms with E-state index in [4.69, 9.17) is 12.2 Å². The van der Waals surface area contributed by atoms with Crippen molar-refractivity contribution in [2.75, 3.05) is 36.0 Å². The summed E-state index contributed by atoms with van der Waals surface area (Å²) in [7, 11) is 0. The molecule has 0 saturated carbocycles. The van der Waals surface area contributed by atoms with Crippen LogP contribution in [0.5, 0.6) is 0 Å². The van der Waals surface area contributed by atoms with Gasteiger partial charge in [-0.15, -0.1) is 0 Å². The molecule has 210 valence electrons. The normalized spacial score (nSPS) is 16.5. The fourth-order valence-electron chi connectivity index (χ4n) is 5.28. The van der Waals surface area contributed by atoms with Crippen LogP contribution in [0.2, 0.25) is 0 Å². The second-order valence-corrected chi connectivity index (χ2v) is 11.7. The Bertz CT molecular complexity index is 1600. The van der Waals surface area contributed by atoms with Gasteiger partial charge >= 0.3 is 0 Å². The van der Waals surface area contributed by atoms with Crippen LogP contribution in [0.25, 0.3) is 6.08 Å². The number of hydrogen-bond donors (Lipinski definition) is 0. The SMILES string of the molecule is CCCn1c(N2CCN(c3ccc(F)cc3)CC2)c(C=C2SC(=S)N(Cc3ccccc3)C2=O)c(C)c(C#N)c1=O. The Balaban J connectivity index is 1.53. The molecule has 0 radical (unpaired) electrons. The molecule has 2 saturated heterocycles. The van der Waals surface area contributed by atoms with Crippen LogP contribution in [0.15, 0.2) is 64.3 Å². The van der Waals surface area contributed by atoms with Gasteiger partial charge in [0.15, 0.2) is 0 Å². The fourth-order valence-corrected chi connectivity index (χ4v) is 6.51. The van der Waals surface area contributed by atoms with Gasteiger partial charge in [0.05, 0.1) is 11.4 Å². The van der Waals surface area contributed by atoms with Crippen molar-refractivity contribution in [3.05, 3.63) is 97.9 Å². The number of thiocarbonyl (C=S) groups is 1. The van der Waals surface area contributed by atoms with Crippen LogP contribution in [-0.4, -0.2) is 45.9 Å². The lowest BCUT2D eigenvalue weighted by molar-refractivity contribution is -0.122. The summed E-state index contributed by atoms with van der Waals surface area (Å²) in [6, 6.07) is 18.2. The highest BCUT2D eigenvalue weighted by Crippen LogP contribution is 2.37. The topological polar surface area (TPSA) is 72.6 Å². The quantitative estimate of drug-likeness (QED) is 0.274. The summed E-state index contributed by atoms with van der Waals surface area (Å²) in [6.45, 7) is 7.14. The molecule has 41 heavy (non-hydrogen) atoms. The number of halogens is 1. The van der Waals surface area contributed by atoms with Crippen LogP contribution in [0.4, 0.5) is 15.9 Å². The number of nitriles is 1. The van der Waals surface area contributed by atoms with Crippen molar-refractivity contribution >= 4 is 51.8 Å². The Kier molecular flexibility index (Phi) is 8.57. The number of anilines is 2. The second kappa shape index (κ2) is 12.3.